The Morgan fingerprint density at radius 3 is 1.93 bits per heavy atom. The van der Waals surface area contributed by atoms with Crippen molar-refractivity contribution in [2.24, 2.45) is 0 Å². The largest absolute Gasteiger partial charge is 0.228 e. The van der Waals surface area contributed by atoms with Crippen molar-refractivity contribution in [2.45, 2.75) is 13.8 Å². The van der Waals surface area contributed by atoms with E-state index in [0.29, 0.717) is 0 Å². The molecule has 2 nitrogen and oxygen atoms in total. The zero-order chi connectivity index (χ0) is 27.8. The average molecular weight is 545 g/mol. The Balaban J connectivity index is 1.41. The van der Waals surface area contributed by atoms with E-state index in [9.17, 15) is 0 Å². The molecule has 0 amide bonds. The molecule has 7 aromatic rings. The van der Waals surface area contributed by atoms with Crippen molar-refractivity contribution in [3.63, 3.8) is 0 Å². The number of hydrogen-bond donors (Lipinski definition) is 0. The molecule has 41 heavy (non-hydrogen) atoms. The molecule has 0 saturated carbocycles. The third kappa shape index (κ3) is 4.75. The predicted octanol–water partition coefficient (Wildman–Crippen LogP) is 10.9. The molecule has 0 aliphatic heterocycles. The minimum atomic E-state index is 0.755. The smallest absolute Gasteiger partial charge is 0.155 e. The molecule has 3 heteroatoms. The minimum Gasteiger partial charge on any atom is -0.228 e. The summed E-state index contributed by atoms with van der Waals surface area (Å²) in [6, 6.07) is 45.2. The summed E-state index contributed by atoms with van der Waals surface area (Å²) in [5.41, 5.74) is 9.93. The molecule has 0 aliphatic rings. The third-order valence-corrected chi connectivity index (χ3v) is 8.79. The van der Waals surface area contributed by atoms with Gasteiger partial charge in [-0.05, 0) is 72.0 Å². The van der Waals surface area contributed by atoms with Gasteiger partial charge in [-0.3, -0.25) is 0 Å². The van der Waals surface area contributed by atoms with Crippen LogP contribution in [0.1, 0.15) is 19.7 Å². The summed E-state index contributed by atoms with van der Waals surface area (Å²) < 4.78 is 2.58. The zero-order valence-corrected chi connectivity index (χ0v) is 23.8. The molecule has 0 fully saturated rings. The summed E-state index contributed by atoms with van der Waals surface area (Å²) in [4.78, 5) is 10.1. The number of hydrogen-bond acceptors (Lipinski definition) is 3. The Morgan fingerprint density at radius 1 is 0.561 bits per heavy atom. The molecular formula is C38H28N2S. The van der Waals surface area contributed by atoms with Crippen LogP contribution in [0.5, 0.6) is 0 Å². The van der Waals surface area contributed by atoms with Gasteiger partial charge in [0.1, 0.15) is 0 Å². The van der Waals surface area contributed by atoms with Gasteiger partial charge in [-0.25, -0.2) is 9.97 Å². The maximum atomic E-state index is 5.06. The highest BCUT2D eigenvalue weighted by molar-refractivity contribution is 7.26. The number of rotatable bonds is 5. The van der Waals surface area contributed by atoms with E-state index in [-0.39, 0.29) is 0 Å². The van der Waals surface area contributed by atoms with Crippen LogP contribution in [0.25, 0.3) is 70.5 Å². The van der Waals surface area contributed by atoms with Crippen LogP contribution in [-0.4, -0.2) is 9.97 Å². The number of thiophene rings is 1. The summed E-state index contributed by atoms with van der Waals surface area (Å²) >= 11 is 1.84. The van der Waals surface area contributed by atoms with Crippen LogP contribution in [0, 0.1) is 0 Å². The molecule has 0 aliphatic carbocycles. The fraction of sp³-hybridized carbons (Fsp3) is 0.0526. The predicted molar refractivity (Wildman–Crippen MR) is 176 cm³/mol. The van der Waals surface area contributed by atoms with Crippen molar-refractivity contribution in [3.05, 3.63) is 139 Å². The van der Waals surface area contributed by atoms with Crippen molar-refractivity contribution in [1.82, 2.24) is 9.97 Å². The quantitative estimate of drug-likeness (QED) is 0.215. The van der Waals surface area contributed by atoms with Crippen LogP contribution in [0.4, 0.5) is 0 Å². The lowest BCUT2D eigenvalue weighted by Crippen LogP contribution is -1.98. The average Bonchev–Trinajstić information content (AvgIpc) is 3.43. The van der Waals surface area contributed by atoms with Gasteiger partial charge < -0.3 is 0 Å². The molecular weight excluding hydrogens is 516 g/mol. The van der Waals surface area contributed by atoms with Crippen LogP contribution in [-0.2, 0) is 0 Å². The molecule has 0 N–H and O–H groups in total. The Bertz CT molecular complexity index is 2050. The Morgan fingerprint density at radius 2 is 1.20 bits per heavy atom. The van der Waals surface area contributed by atoms with Crippen LogP contribution in [0.2, 0.25) is 0 Å². The SMILES string of the molecule is C/C=C(\C)c1nc(-c2cccc(-c3ccccc3)c2)cc(-c2ccc3sc4cccc(-c5ccccc5)c4c3c2)n1. The van der Waals surface area contributed by atoms with E-state index >= 15 is 0 Å². The van der Waals surface area contributed by atoms with Crippen LogP contribution in [0.3, 0.4) is 0 Å². The van der Waals surface area contributed by atoms with E-state index in [4.69, 9.17) is 9.97 Å². The van der Waals surface area contributed by atoms with Gasteiger partial charge in [-0.15, -0.1) is 11.3 Å². The number of fused-ring (bicyclic) bond motifs is 3. The third-order valence-electron chi connectivity index (χ3n) is 7.65. The highest BCUT2D eigenvalue weighted by Gasteiger charge is 2.15. The first-order valence-corrected chi connectivity index (χ1v) is 14.7. The fourth-order valence-electron chi connectivity index (χ4n) is 5.38. The summed E-state index contributed by atoms with van der Waals surface area (Å²) in [5.74, 6) is 0.755. The molecule has 196 valence electrons. The molecule has 5 aromatic carbocycles. The topological polar surface area (TPSA) is 25.8 Å². The Kier molecular flexibility index (Phi) is 6.50. The normalized spacial score (nSPS) is 11.8. The fourth-order valence-corrected chi connectivity index (χ4v) is 6.49. The minimum absolute atomic E-state index is 0.755. The van der Waals surface area contributed by atoms with E-state index in [0.717, 1.165) is 33.9 Å². The van der Waals surface area contributed by atoms with Crippen molar-refractivity contribution in [3.8, 4) is 44.8 Å². The van der Waals surface area contributed by atoms with Gasteiger partial charge >= 0.3 is 0 Å². The maximum Gasteiger partial charge on any atom is 0.155 e. The lowest BCUT2D eigenvalue weighted by molar-refractivity contribution is 1.12. The maximum absolute atomic E-state index is 5.06. The Labute approximate surface area is 244 Å². The van der Waals surface area contributed by atoms with Gasteiger partial charge in [0.15, 0.2) is 5.82 Å². The molecule has 0 saturated heterocycles. The number of aromatic nitrogens is 2. The molecule has 2 aromatic heterocycles. The van der Waals surface area contributed by atoms with E-state index in [2.05, 4.69) is 134 Å². The van der Waals surface area contributed by atoms with Gasteiger partial charge in [0.05, 0.1) is 11.4 Å². The molecule has 0 bridgehead atoms. The number of allylic oxidation sites excluding steroid dienone is 2. The van der Waals surface area contributed by atoms with Crippen LogP contribution < -0.4 is 0 Å². The second-order valence-electron chi connectivity index (χ2n) is 10.2. The summed E-state index contributed by atoms with van der Waals surface area (Å²) in [6.07, 6.45) is 2.07. The highest BCUT2D eigenvalue weighted by Crippen LogP contribution is 2.41. The van der Waals surface area contributed by atoms with Crippen molar-refractivity contribution < 1.29 is 0 Å². The monoisotopic (exact) mass is 544 g/mol. The summed E-state index contributed by atoms with van der Waals surface area (Å²) in [6.45, 7) is 4.11. The van der Waals surface area contributed by atoms with Crippen LogP contribution in [0.15, 0.2) is 133 Å². The van der Waals surface area contributed by atoms with Gasteiger partial charge in [-0.1, -0.05) is 103 Å². The number of nitrogens with zero attached hydrogens (tertiary/aromatic N) is 2. The number of benzene rings is 5. The lowest BCUT2D eigenvalue weighted by atomic mass is 9.98. The molecule has 2 heterocycles. The standard InChI is InChI=1S/C38H28N2S/c1-3-25(2)38-39-33(29-17-10-16-28(22-29)26-12-6-4-7-13-26)24-34(40-38)30-20-21-35-32(23-30)37-31(18-11-19-36(37)41-35)27-14-8-5-9-15-27/h3-24H,1-2H3/b25-3+. The molecule has 0 unspecified atom stereocenters. The lowest BCUT2D eigenvalue weighted by Gasteiger charge is -2.11. The first-order valence-electron chi connectivity index (χ1n) is 13.9. The second kappa shape index (κ2) is 10.6. The molecule has 0 radical (unpaired) electrons. The molecule has 0 spiro atoms. The first kappa shape index (κ1) is 25.1. The summed E-state index contributed by atoms with van der Waals surface area (Å²) in [5, 5.41) is 2.56. The van der Waals surface area contributed by atoms with Gasteiger partial charge in [0.2, 0.25) is 0 Å². The molecule has 7 rings (SSSR count). The van der Waals surface area contributed by atoms with Gasteiger partial charge in [0.25, 0.3) is 0 Å². The van der Waals surface area contributed by atoms with E-state index < -0.39 is 0 Å². The second-order valence-corrected chi connectivity index (χ2v) is 11.3. The van der Waals surface area contributed by atoms with E-state index in [1.54, 1.807) is 0 Å². The first-order chi connectivity index (χ1) is 20.2. The van der Waals surface area contributed by atoms with Crippen molar-refractivity contribution >= 4 is 37.1 Å². The van der Waals surface area contributed by atoms with Crippen LogP contribution >= 0.6 is 11.3 Å². The van der Waals surface area contributed by atoms with E-state index in [1.807, 2.05) is 24.3 Å². The van der Waals surface area contributed by atoms with E-state index in [1.165, 1.54) is 42.4 Å². The molecule has 0 atom stereocenters. The Hall–Kier alpha value is -4.86. The van der Waals surface area contributed by atoms with Gasteiger partial charge in [0, 0.05) is 31.3 Å². The summed E-state index contributed by atoms with van der Waals surface area (Å²) in [7, 11) is 0. The van der Waals surface area contributed by atoms with Crippen molar-refractivity contribution in [2.75, 3.05) is 0 Å². The zero-order valence-electron chi connectivity index (χ0n) is 23.0. The van der Waals surface area contributed by atoms with Gasteiger partial charge in [-0.2, -0.15) is 0 Å². The van der Waals surface area contributed by atoms with Crippen molar-refractivity contribution in [1.29, 1.82) is 0 Å². The highest BCUT2D eigenvalue weighted by atomic mass is 32.1.